The van der Waals surface area contributed by atoms with Crippen molar-refractivity contribution >= 4 is 29.3 Å². The fraction of sp³-hybridized carbons (Fsp3) is 1.00. The van der Waals surface area contributed by atoms with Gasteiger partial charge in [-0.05, 0) is 0 Å². The fourth-order valence-corrected chi connectivity index (χ4v) is 7.35. The van der Waals surface area contributed by atoms with E-state index in [1.54, 1.807) is 0 Å². The third-order valence-electron chi connectivity index (χ3n) is 14.7. The van der Waals surface area contributed by atoms with Crippen molar-refractivity contribution in [1.29, 1.82) is 0 Å². The predicted octanol–water partition coefficient (Wildman–Crippen LogP) is 3.39. The first kappa shape index (κ1) is 138. The van der Waals surface area contributed by atoms with Crippen molar-refractivity contribution in [1.82, 2.24) is 0 Å². The van der Waals surface area contributed by atoms with E-state index < -0.39 is 29.3 Å². The summed E-state index contributed by atoms with van der Waals surface area (Å²) in [5, 5.41) is 101. The number of hydrogen-bond donors (Lipinski definition) is 0. The Kier molecular flexibility index (Phi) is 185. The van der Waals surface area contributed by atoms with Gasteiger partial charge >= 0.3 is 0 Å². The van der Waals surface area contributed by atoms with Crippen molar-refractivity contribution in [2.24, 2.45) is 0 Å². The maximum absolute atomic E-state index is 8.42. The van der Waals surface area contributed by atoms with Gasteiger partial charge in [-0.15, -0.1) is 0 Å². The van der Waals surface area contributed by atoms with Crippen LogP contribution in [0.2, 0.25) is 0 Å². The second-order valence-corrected chi connectivity index (χ2v) is 18.9. The molecule has 0 unspecified atom stereocenters. The molecule has 0 aromatic rings. The Labute approximate surface area is 626 Å². The summed E-state index contributed by atoms with van der Waals surface area (Å²) in [6, 6.07) is 0. The smallest absolute Gasteiger partial charge is 0.142 e. The summed E-state index contributed by atoms with van der Waals surface area (Å²) >= 11 is 0. The molecule has 0 aromatic carbocycles. The maximum Gasteiger partial charge on any atom is 0.142 e. The highest BCUT2D eigenvalue weighted by molar-refractivity contribution is 6.24. The molecule has 0 heterocycles. The molecular weight excluding hydrogens is 1290 g/mol. The zero-order valence-corrected chi connectivity index (χ0v) is 73.6. The highest BCUT2D eigenvalue weighted by Gasteiger charge is 2.01. The average molecular weight is 1470 g/mol. The van der Waals surface area contributed by atoms with Crippen LogP contribution in [0.3, 0.4) is 0 Å². The molecule has 0 fully saturated rings. The lowest BCUT2D eigenvalue weighted by atomic mass is 10.3. The summed E-state index contributed by atoms with van der Waals surface area (Å²) in [6.45, 7) is 117. The third-order valence-corrected chi connectivity index (χ3v) is 14.7. The Morgan fingerprint density at radius 1 is 0.100 bits per heavy atom. The molecule has 28 heteroatoms. The highest BCUT2D eigenvalue weighted by Crippen LogP contribution is 1.97. The standard InChI is InChI=1S/12C6H15O.4BO3/c12*1-4-7(5-2)6-3;4*2-1(3)4/h12*4-6H2,1-3H3;;;;/q12*+1;4*-3. The average Bonchev–Trinajstić information content (AvgIpc) is 3.67. The van der Waals surface area contributed by atoms with Crippen LogP contribution in [0.15, 0.2) is 0 Å². The van der Waals surface area contributed by atoms with Crippen LogP contribution in [-0.4, -0.2) is 267 Å². The van der Waals surface area contributed by atoms with Gasteiger partial charge in [-0.25, -0.2) is 0 Å². The summed E-state index contributed by atoms with van der Waals surface area (Å²) in [6.07, 6.45) is 0. The molecule has 0 aliphatic rings. The van der Waals surface area contributed by atoms with Crippen molar-refractivity contribution in [3.05, 3.63) is 0 Å². The molecule has 0 aromatic heterocycles. The first-order chi connectivity index (χ1) is 47.1. The summed E-state index contributed by atoms with van der Waals surface area (Å²) in [5.74, 6) is 0. The lowest BCUT2D eigenvalue weighted by molar-refractivity contribution is -0.481. The Morgan fingerprint density at radius 2 is 0.120 bits per heavy atom. The van der Waals surface area contributed by atoms with Gasteiger partial charge in [0.15, 0.2) is 0 Å². The first-order valence-electron chi connectivity index (χ1n) is 38.7. The second kappa shape index (κ2) is 134. The third kappa shape index (κ3) is 177. The van der Waals surface area contributed by atoms with Gasteiger partial charge < -0.3 is 113 Å². The normalized spacial score (nSPS) is 9.72. The van der Waals surface area contributed by atoms with Crippen molar-refractivity contribution in [3.63, 3.8) is 0 Å². The number of hydrogen-bond acceptors (Lipinski definition) is 12. The second-order valence-electron chi connectivity index (χ2n) is 18.9. The molecule has 0 aliphatic heterocycles. The molecular formula is C72H180B4O24. The van der Waals surface area contributed by atoms with Crippen LogP contribution in [0.1, 0.15) is 249 Å². The van der Waals surface area contributed by atoms with Gasteiger partial charge in [0.2, 0.25) is 0 Å². The summed E-state index contributed by atoms with van der Waals surface area (Å²) in [4.78, 5) is 0. The van der Waals surface area contributed by atoms with E-state index in [1.165, 1.54) is 0 Å². The van der Waals surface area contributed by atoms with Gasteiger partial charge in [0.25, 0.3) is 0 Å². The Morgan fingerprint density at radius 3 is 0.120 bits per heavy atom. The quantitative estimate of drug-likeness (QED) is 0.0644. The van der Waals surface area contributed by atoms with Gasteiger partial charge in [-0.1, -0.05) is 0 Å². The minimum absolute atomic E-state index is 1.10. The molecule has 624 valence electrons. The summed E-state index contributed by atoms with van der Waals surface area (Å²) < 4.78 is 36.8. The van der Waals surface area contributed by atoms with Crippen molar-refractivity contribution in [2.75, 3.05) is 238 Å². The molecule has 0 atom stereocenters. The van der Waals surface area contributed by atoms with Crippen LogP contribution in [0, 0.1) is 0 Å². The molecule has 24 nitrogen and oxygen atoms in total. The monoisotopic (exact) mass is 1470 g/mol. The van der Waals surface area contributed by atoms with Gasteiger partial charge in [-0.3, -0.25) is 29.3 Å². The van der Waals surface area contributed by atoms with Gasteiger partial charge in [0.1, 0.15) is 238 Å². The minimum atomic E-state index is -2.92. The van der Waals surface area contributed by atoms with E-state index in [0.29, 0.717) is 0 Å². The lowest BCUT2D eigenvalue weighted by Crippen LogP contribution is -2.56. The Balaban J connectivity index is -0.0000000540. The van der Waals surface area contributed by atoms with E-state index >= 15 is 0 Å². The summed E-state index contributed by atoms with van der Waals surface area (Å²) in [5.41, 5.74) is 0. The van der Waals surface area contributed by atoms with Gasteiger partial charge in [0, 0.05) is 249 Å². The topological polar surface area (TPSA) is 309 Å². The molecule has 100 heavy (non-hydrogen) atoms. The van der Waals surface area contributed by atoms with Crippen LogP contribution < -0.4 is 60.3 Å². The molecule has 0 saturated heterocycles. The van der Waals surface area contributed by atoms with Crippen LogP contribution in [-0.2, 0) is 52.4 Å². The van der Waals surface area contributed by atoms with Crippen LogP contribution in [0.25, 0.3) is 0 Å². The van der Waals surface area contributed by atoms with Gasteiger partial charge in [-0.2, -0.15) is 0 Å². The van der Waals surface area contributed by atoms with E-state index in [9.17, 15) is 0 Å². The zero-order chi connectivity index (χ0) is 82.7. The fourth-order valence-electron chi connectivity index (χ4n) is 7.35. The Bertz CT molecular complexity index is 761. The van der Waals surface area contributed by atoms with Gasteiger partial charge in [0.05, 0.1) is 0 Å². The van der Waals surface area contributed by atoms with Crippen LogP contribution in [0.5, 0.6) is 0 Å². The molecule has 0 saturated carbocycles. The number of rotatable bonds is 36. The minimum Gasteiger partial charge on any atom is -0.907 e. The van der Waals surface area contributed by atoms with Crippen molar-refractivity contribution in [2.45, 2.75) is 249 Å². The van der Waals surface area contributed by atoms with E-state index in [4.69, 9.17) is 60.3 Å². The van der Waals surface area contributed by atoms with Crippen LogP contribution >= 0.6 is 0 Å². The molecule has 0 amide bonds. The molecule has 0 rings (SSSR count). The molecule has 0 radical (unpaired) electrons. The SMILES string of the molecule is CC[O+](CC)CC.CC[O+](CC)CC.CC[O+](CC)CC.CC[O+](CC)CC.CC[O+](CC)CC.CC[O+](CC)CC.CC[O+](CC)CC.CC[O+](CC)CC.CC[O+](CC)CC.CC[O+](CC)CC.CC[O+](CC)CC.CC[O+](CC)CC.[O-]B([O-])[O-].[O-]B([O-])[O-].[O-]B([O-])[O-].[O-]B([O-])[O-]. The molecule has 0 spiro atoms. The first-order valence-corrected chi connectivity index (χ1v) is 38.7. The van der Waals surface area contributed by atoms with E-state index in [-0.39, 0.29) is 0 Å². The molecule has 0 aliphatic carbocycles. The van der Waals surface area contributed by atoms with E-state index in [0.717, 1.165) is 238 Å². The van der Waals surface area contributed by atoms with Crippen LogP contribution in [0.4, 0.5) is 0 Å². The zero-order valence-electron chi connectivity index (χ0n) is 73.6. The molecule has 0 bridgehead atoms. The van der Waals surface area contributed by atoms with Crippen molar-refractivity contribution in [3.8, 4) is 0 Å². The largest absolute Gasteiger partial charge is 0.907 e. The molecule has 0 N–H and O–H groups in total. The van der Waals surface area contributed by atoms with Crippen molar-refractivity contribution < 1.29 is 113 Å². The Hall–Kier alpha value is -0.700. The van der Waals surface area contributed by atoms with E-state index in [2.05, 4.69) is 302 Å². The summed E-state index contributed by atoms with van der Waals surface area (Å²) in [7, 11) is -11.7. The highest BCUT2D eigenvalue weighted by atomic mass is 16.7. The van der Waals surface area contributed by atoms with E-state index in [1.807, 2.05) is 0 Å². The lowest BCUT2D eigenvalue weighted by Gasteiger charge is -2.35. The maximum atomic E-state index is 8.42. The predicted molar refractivity (Wildman–Crippen MR) is 416 cm³/mol.